The van der Waals surface area contributed by atoms with Crippen LogP contribution >= 0.6 is 0 Å². The molecule has 2 heterocycles. The van der Waals surface area contributed by atoms with Gasteiger partial charge >= 0.3 is 23.9 Å². The van der Waals surface area contributed by atoms with E-state index in [-0.39, 0.29) is 42.3 Å². The normalized spacial score (nSPS) is 31.2. The molecular weight excluding hydrogens is 392 g/mol. The zero-order valence-electron chi connectivity index (χ0n) is 17.8. The average molecular weight is 422 g/mol. The first-order valence-electron chi connectivity index (χ1n) is 10.7. The van der Waals surface area contributed by atoms with Crippen LogP contribution in [0.15, 0.2) is 12.2 Å². The minimum Gasteiger partial charge on any atom is -0.462 e. The van der Waals surface area contributed by atoms with Gasteiger partial charge in [0.1, 0.15) is 11.7 Å². The van der Waals surface area contributed by atoms with Crippen LogP contribution in [0.5, 0.6) is 0 Å². The van der Waals surface area contributed by atoms with Crippen LogP contribution in [-0.4, -0.2) is 47.8 Å². The van der Waals surface area contributed by atoms with Crippen molar-refractivity contribution in [3.05, 3.63) is 12.2 Å². The third-order valence-corrected chi connectivity index (χ3v) is 6.15. The van der Waals surface area contributed by atoms with Crippen LogP contribution in [-0.2, 0) is 38.1 Å². The van der Waals surface area contributed by atoms with Gasteiger partial charge in [-0.15, -0.1) is 0 Å². The van der Waals surface area contributed by atoms with Gasteiger partial charge in [-0.2, -0.15) is 0 Å². The van der Waals surface area contributed by atoms with E-state index >= 15 is 0 Å². The number of esters is 4. The third-order valence-electron chi connectivity index (χ3n) is 6.15. The van der Waals surface area contributed by atoms with E-state index in [0.29, 0.717) is 19.3 Å². The van der Waals surface area contributed by atoms with Crippen LogP contribution in [0.1, 0.15) is 65.7 Å². The fourth-order valence-corrected chi connectivity index (χ4v) is 4.82. The molecule has 2 saturated carbocycles. The highest BCUT2D eigenvalue weighted by Crippen LogP contribution is 2.51. The number of fused-ring (bicyclic) bond motifs is 1. The first-order chi connectivity index (χ1) is 14.2. The second kappa shape index (κ2) is 8.78. The van der Waals surface area contributed by atoms with Crippen molar-refractivity contribution in [1.29, 1.82) is 0 Å². The van der Waals surface area contributed by atoms with E-state index in [1.807, 2.05) is 0 Å². The molecule has 2 saturated heterocycles. The van der Waals surface area contributed by atoms with Gasteiger partial charge in [0, 0.05) is 18.4 Å². The first-order valence-corrected chi connectivity index (χ1v) is 10.7. The van der Waals surface area contributed by atoms with E-state index in [1.165, 1.54) is 6.92 Å². The largest absolute Gasteiger partial charge is 0.462 e. The zero-order valence-corrected chi connectivity index (χ0v) is 17.8. The van der Waals surface area contributed by atoms with Crippen molar-refractivity contribution in [1.82, 2.24) is 0 Å². The Hall–Kier alpha value is -2.38. The summed E-state index contributed by atoms with van der Waals surface area (Å²) < 4.78 is 21.9. The molecule has 8 nitrogen and oxygen atoms in total. The van der Waals surface area contributed by atoms with Crippen molar-refractivity contribution in [2.45, 2.75) is 89.6 Å². The predicted octanol–water partition coefficient (Wildman–Crippen LogP) is 2.62. The third kappa shape index (κ3) is 4.68. The van der Waals surface area contributed by atoms with Gasteiger partial charge in [0.2, 0.25) is 0 Å². The molecule has 4 aliphatic rings. The number of carbonyl (C=O) groups is 4. The standard InChI is InChI=1S/C22H30O8/c1-5-16(28-18(23)12(3)4)20(25)29-17(6-2)21(26)30-22-9-13-7-14(10-22)19(24)27-15(8-13)11-22/h13-17H,3,5-11H2,1-2,4H3. The molecule has 2 aliphatic heterocycles. The summed E-state index contributed by atoms with van der Waals surface area (Å²) in [4.78, 5) is 49.3. The van der Waals surface area contributed by atoms with Crippen LogP contribution in [0, 0.1) is 11.8 Å². The van der Waals surface area contributed by atoms with Crippen LogP contribution in [0.25, 0.3) is 0 Å². The summed E-state index contributed by atoms with van der Waals surface area (Å²) in [6, 6.07) is 0. The summed E-state index contributed by atoms with van der Waals surface area (Å²) >= 11 is 0. The Kier molecular flexibility index (Phi) is 6.53. The van der Waals surface area contributed by atoms with Crippen LogP contribution in [0.2, 0.25) is 0 Å². The lowest BCUT2D eigenvalue weighted by molar-refractivity contribution is -0.193. The van der Waals surface area contributed by atoms with Gasteiger partial charge in [-0.05, 0) is 44.9 Å². The van der Waals surface area contributed by atoms with Crippen molar-refractivity contribution in [3.8, 4) is 0 Å². The maximum atomic E-state index is 12.9. The second-order valence-corrected chi connectivity index (χ2v) is 8.73. The molecule has 8 heteroatoms. The Bertz CT molecular complexity index is 743. The quantitative estimate of drug-likeness (QED) is 0.334. The van der Waals surface area contributed by atoms with Crippen molar-refractivity contribution in [3.63, 3.8) is 0 Å². The van der Waals surface area contributed by atoms with Gasteiger partial charge < -0.3 is 18.9 Å². The number of hydrogen-bond donors (Lipinski definition) is 0. The molecule has 0 amide bonds. The van der Waals surface area contributed by atoms with Crippen LogP contribution in [0.3, 0.4) is 0 Å². The Morgan fingerprint density at radius 1 is 1.07 bits per heavy atom. The van der Waals surface area contributed by atoms with Gasteiger partial charge in [0.15, 0.2) is 12.2 Å². The molecule has 30 heavy (non-hydrogen) atoms. The Morgan fingerprint density at radius 2 is 1.73 bits per heavy atom. The highest BCUT2D eigenvalue weighted by molar-refractivity contribution is 5.90. The lowest BCUT2D eigenvalue weighted by atomic mass is 9.65. The van der Waals surface area contributed by atoms with Crippen molar-refractivity contribution in [2.24, 2.45) is 11.8 Å². The van der Waals surface area contributed by atoms with Gasteiger partial charge in [-0.1, -0.05) is 20.4 Å². The van der Waals surface area contributed by atoms with E-state index in [4.69, 9.17) is 18.9 Å². The summed E-state index contributed by atoms with van der Waals surface area (Å²) in [7, 11) is 0. The highest BCUT2D eigenvalue weighted by Gasteiger charge is 2.55. The molecular formula is C22H30O8. The topological polar surface area (TPSA) is 105 Å². The van der Waals surface area contributed by atoms with Crippen molar-refractivity contribution in [2.75, 3.05) is 0 Å². The second-order valence-electron chi connectivity index (χ2n) is 8.73. The number of hydrogen-bond acceptors (Lipinski definition) is 8. The zero-order chi connectivity index (χ0) is 22.1. The maximum absolute atomic E-state index is 12.9. The monoisotopic (exact) mass is 422 g/mol. The molecule has 6 unspecified atom stereocenters. The van der Waals surface area contributed by atoms with Gasteiger partial charge in [-0.3, -0.25) is 4.79 Å². The molecule has 2 aliphatic carbocycles. The van der Waals surface area contributed by atoms with E-state index in [0.717, 1.165) is 12.8 Å². The van der Waals surface area contributed by atoms with Crippen LogP contribution in [0.4, 0.5) is 0 Å². The molecule has 0 radical (unpaired) electrons. The summed E-state index contributed by atoms with van der Waals surface area (Å²) in [5.74, 6) is -2.29. The molecule has 4 bridgehead atoms. The summed E-state index contributed by atoms with van der Waals surface area (Å²) in [6.45, 7) is 8.35. The molecule has 166 valence electrons. The number of rotatable bonds is 8. The summed E-state index contributed by atoms with van der Waals surface area (Å²) in [5, 5.41) is 0. The summed E-state index contributed by atoms with van der Waals surface area (Å²) in [5.41, 5.74) is -0.585. The minimum atomic E-state index is -1.12. The van der Waals surface area contributed by atoms with Gasteiger partial charge in [0.25, 0.3) is 0 Å². The molecule has 0 spiro atoms. The smallest absolute Gasteiger partial charge is 0.348 e. The summed E-state index contributed by atoms with van der Waals surface area (Å²) in [6.07, 6.45) is 1.16. The molecule has 0 aromatic carbocycles. The van der Waals surface area contributed by atoms with E-state index in [2.05, 4.69) is 6.58 Å². The van der Waals surface area contributed by atoms with Crippen molar-refractivity contribution < 1.29 is 38.1 Å². The molecule has 0 aromatic heterocycles. The van der Waals surface area contributed by atoms with Gasteiger partial charge in [0.05, 0.1) is 5.92 Å². The average Bonchev–Trinajstić information content (AvgIpc) is 2.84. The van der Waals surface area contributed by atoms with Gasteiger partial charge in [-0.25, -0.2) is 14.4 Å². The Labute approximate surface area is 176 Å². The fourth-order valence-electron chi connectivity index (χ4n) is 4.82. The van der Waals surface area contributed by atoms with Crippen LogP contribution < -0.4 is 0 Å². The number of ether oxygens (including phenoxy) is 4. The highest BCUT2D eigenvalue weighted by atomic mass is 16.6. The molecule has 0 aromatic rings. The lowest BCUT2D eigenvalue weighted by Crippen LogP contribution is -2.50. The lowest BCUT2D eigenvalue weighted by Gasteiger charge is -2.45. The number of carbonyl (C=O) groups excluding carboxylic acids is 4. The first kappa shape index (κ1) is 22.3. The molecule has 0 N–H and O–H groups in total. The van der Waals surface area contributed by atoms with E-state index in [9.17, 15) is 19.2 Å². The fraction of sp³-hybridized carbons (Fsp3) is 0.727. The van der Waals surface area contributed by atoms with Crippen molar-refractivity contribution >= 4 is 23.9 Å². The molecule has 4 rings (SSSR count). The molecule has 6 atom stereocenters. The Morgan fingerprint density at radius 3 is 2.37 bits per heavy atom. The molecule has 4 fully saturated rings. The van der Waals surface area contributed by atoms with E-state index in [1.54, 1.807) is 13.8 Å². The maximum Gasteiger partial charge on any atom is 0.348 e. The van der Waals surface area contributed by atoms with E-state index < -0.39 is 35.7 Å². The SMILES string of the molecule is C=C(C)C(=O)OC(CC)C(=O)OC(CC)C(=O)OC12CC3CC(C1)OC(=O)C(C3)C2. The minimum absolute atomic E-state index is 0.169. The Balaban J connectivity index is 1.65. The predicted molar refractivity (Wildman–Crippen MR) is 104 cm³/mol.